The average molecular weight is 470 g/mol. The second kappa shape index (κ2) is 9.12. The number of aromatic nitrogens is 2. The molecule has 182 valence electrons. The van der Waals surface area contributed by atoms with Crippen molar-refractivity contribution in [2.75, 3.05) is 13.7 Å². The van der Waals surface area contributed by atoms with Crippen LogP contribution in [-0.4, -0.2) is 52.0 Å². The Labute approximate surface area is 199 Å². The lowest BCUT2D eigenvalue weighted by Crippen LogP contribution is -2.40. The summed E-state index contributed by atoms with van der Waals surface area (Å²) < 4.78 is 17.7. The molecule has 2 aromatic rings. The number of nitrogens with zero attached hydrogens (tertiary/aromatic N) is 3. The predicted octanol–water partition coefficient (Wildman–Crippen LogP) is 3.68. The molecular formula is C25H31N3O6. The number of hydrogen-bond acceptors (Lipinski definition) is 7. The van der Waals surface area contributed by atoms with Gasteiger partial charge in [0.15, 0.2) is 5.75 Å². The van der Waals surface area contributed by atoms with E-state index in [1.54, 1.807) is 9.58 Å². The first kappa shape index (κ1) is 23.8. The molecule has 1 aliphatic heterocycles. The van der Waals surface area contributed by atoms with E-state index >= 15 is 0 Å². The van der Waals surface area contributed by atoms with Crippen LogP contribution in [0.4, 0.5) is 4.79 Å². The molecule has 0 N–H and O–H groups in total. The SMILES string of the molecule is COC(=O)Cc1nn(-c2ccc(C3CC3)cc2OC(C)=O)c2c1CN(C(=O)OC(C)(C)C)CC2. The van der Waals surface area contributed by atoms with Crippen LogP contribution in [0.15, 0.2) is 18.2 Å². The molecule has 0 unspecified atom stereocenters. The van der Waals surface area contributed by atoms with Gasteiger partial charge in [-0.15, -0.1) is 0 Å². The van der Waals surface area contributed by atoms with Gasteiger partial charge in [0.1, 0.15) is 11.3 Å². The predicted molar refractivity (Wildman–Crippen MR) is 123 cm³/mol. The average Bonchev–Trinajstić information content (AvgIpc) is 3.55. The van der Waals surface area contributed by atoms with Gasteiger partial charge in [0.2, 0.25) is 0 Å². The first-order valence-electron chi connectivity index (χ1n) is 11.5. The van der Waals surface area contributed by atoms with Gasteiger partial charge in [0.25, 0.3) is 0 Å². The highest BCUT2D eigenvalue weighted by Crippen LogP contribution is 2.42. The van der Waals surface area contributed by atoms with Crippen LogP contribution in [-0.2, 0) is 38.4 Å². The van der Waals surface area contributed by atoms with Crippen molar-refractivity contribution in [3.05, 3.63) is 40.7 Å². The summed E-state index contributed by atoms with van der Waals surface area (Å²) in [5.41, 5.74) is 3.31. The summed E-state index contributed by atoms with van der Waals surface area (Å²) in [6.07, 6.45) is 2.31. The largest absolute Gasteiger partial charge is 0.469 e. The van der Waals surface area contributed by atoms with E-state index in [9.17, 15) is 14.4 Å². The third-order valence-corrected chi connectivity index (χ3v) is 5.85. The normalized spacial score (nSPS) is 15.5. The van der Waals surface area contributed by atoms with E-state index in [-0.39, 0.29) is 13.0 Å². The molecule has 1 aliphatic carbocycles. The molecule has 1 amide bonds. The second-order valence-corrected chi connectivity index (χ2v) is 9.78. The van der Waals surface area contributed by atoms with Crippen LogP contribution in [0.1, 0.15) is 69.0 Å². The Morgan fingerprint density at radius 1 is 1.18 bits per heavy atom. The van der Waals surface area contributed by atoms with Crippen molar-refractivity contribution in [1.29, 1.82) is 0 Å². The number of fused-ring (bicyclic) bond motifs is 1. The molecule has 1 aromatic carbocycles. The number of esters is 2. The van der Waals surface area contributed by atoms with Crippen LogP contribution >= 0.6 is 0 Å². The van der Waals surface area contributed by atoms with Gasteiger partial charge >= 0.3 is 18.0 Å². The Bertz CT molecular complexity index is 1130. The first-order chi connectivity index (χ1) is 16.1. The van der Waals surface area contributed by atoms with Gasteiger partial charge in [-0.1, -0.05) is 6.07 Å². The topological polar surface area (TPSA) is 100.0 Å². The highest BCUT2D eigenvalue weighted by molar-refractivity contribution is 5.74. The maximum absolute atomic E-state index is 12.7. The molecule has 1 fully saturated rings. The standard InChI is InChI=1S/C25H31N3O6/c1-15(29)33-22-12-17(16-6-7-16)8-9-21(22)28-20-10-11-27(24(31)34-25(2,3)4)14-18(20)19(26-28)13-23(30)32-5/h8-9,12,16H,6-7,10-11,13-14H2,1-5H3. The van der Waals surface area contributed by atoms with Gasteiger partial charge in [-0.3, -0.25) is 9.59 Å². The van der Waals surface area contributed by atoms with E-state index in [1.165, 1.54) is 14.0 Å². The maximum atomic E-state index is 12.7. The lowest BCUT2D eigenvalue weighted by Gasteiger charge is -2.30. The monoisotopic (exact) mass is 469 g/mol. The number of amides is 1. The van der Waals surface area contributed by atoms with Gasteiger partial charge in [-0.2, -0.15) is 5.10 Å². The van der Waals surface area contributed by atoms with E-state index in [1.807, 2.05) is 39.0 Å². The molecule has 0 atom stereocenters. The highest BCUT2D eigenvalue weighted by Gasteiger charge is 2.32. The minimum atomic E-state index is -0.612. The Hall–Kier alpha value is -3.36. The molecule has 0 bridgehead atoms. The first-order valence-corrected chi connectivity index (χ1v) is 11.5. The molecule has 1 saturated carbocycles. The summed E-state index contributed by atoms with van der Waals surface area (Å²) in [6.45, 7) is 7.54. The van der Waals surface area contributed by atoms with Crippen LogP contribution in [0, 0.1) is 0 Å². The molecule has 9 heteroatoms. The smallest absolute Gasteiger partial charge is 0.410 e. The van der Waals surface area contributed by atoms with Gasteiger partial charge in [-0.25, -0.2) is 9.48 Å². The third-order valence-electron chi connectivity index (χ3n) is 5.85. The summed E-state index contributed by atoms with van der Waals surface area (Å²) in [5, 5.41) is 4.72. The van der Waals surface area contributed by atoms with Gasteiger partial charge in [0, 0.05) is 25.5 Å². The number of ether oxygens (including phenoxy) is 3. The zero-order chi connectivity index (χ0) is 24.6. The Morgan fingerprint density at radius 3 is 2.53 bits per heavy atom. The number of benzene rings is 1. The van der Waals surface area contributed by atoms with Crippen molar-refractivity contribution in [3.63, 3.8) is 0 Å². The van der Waals surface area contributed by atoms with E-state index in [4.69, 9.17) is 19.3 Å². The van der Waals surface area contributed by atoms with Crippen molar-refractivity contribution < 1.29 is 28.6 Å². The van der Waals surface area contributed by atoms with Crippen molar-refractivity contribution in [3.8, 4) is 11.4 Å². The number of methoxy groups -OCH3 is 1. The molecule has 4 rings (SSSR count). The van der Waals surface area contributed by atoms with Crippen LogP contribution in [0.2, 0.25) is 0 Å². The zero-order valence-corrected chi connectivity index (χ0v) is 20.3. The third kappa shape index (κ3) is 5.24. The number of rotatable bonds is 5. The fourth-order valence-electron chi connectivity index (χ4n) is 4.13. The van der Waals surface area contributed by atoms with Crippen LogP contribution in [0.3, 0.4) is 0 Å². The summed E-state index contributed by atoms with van der Waals surface area (Å²) >= 11 is 0. The van der Waals surface area contributed by atoms with Crippen LogP contribution in [0.5, 0.6) is 5.75 Å². The Morgan fingerprint density at radius 2 is 1.91 bits per heavy atom. The maximum Gasteiger partial charge on any atom is 0.410 e. The van der Waals surface area contributed by atoms with E-state index in [0.717, 1.165) is 29.7 Å². The number of carbonyl (C=O) groups is 3. The Kier molecular flexibility index (Phi) is 6.38. The van der Waals surface area contributed by atoms with E-state index in [2.05, 4.69) is 0 Å². The quantitative estimate of drug-likeness (QED) is 0.486. The summed E-state index contributed by atoms with van der Waals surface area (Å²) in [6, 6.07) is 5.84. The van der Waals surface area contributed by atoms with Crippen molar-refractivity contribution in [1.82, 2.24) is 14.7 Å². The van der Waals surface area contributed by atoms with Crippen molar-refractivity contribution >= 4 is 18.0 Å². The molecule has 0 radical (unpaired) electrons. The van der Waals surface area contributed by atoms with Gasteiger partial charge in [-0.05, 0) is 57.2 Å². The number of hydrogen-bond donors (Lipinski definition) is 0. The molecule has 2 heterocycles. The lowest BCUT2D eigenvalue weighted by atomic mass is 10.0. The molecule has 0 saturated heterocycles. The van der Waals surface area contributed by atoms with Gasteiger partial charge < -0.3 is 19.1 Å². The molecule has 2 aliphatic rings. The van der Waals surface area contributed by atoms with E-state index < -0.39 is 23.6 Å². The molecule has 1 aromatic heterocycles. The highest BCUT2D eigenvalue weighted by atomic mass is 16.6. The summed E-state index contributed by atoms with van der Waals surface area (Å²) in [7, 11) is 1.33. The minimum absolute atomic E-state index is 0.0307. The molecule has 34 heavy (non-hydrogen) atoms. The number of carbonyl (C=O) groups excluding carboxylic acids is 3. The molecule has 9 nitrogen and oxygen atoms in total. The fourth-order valence-corrected chi connectivity index (χ4v) is 4.13. The van der Waals surface area contributed by atoms with Crippen LogP contribution in [0.25, 0.3) is 5.69 Å². The fraction of sp³-hybridized carbons (Fsp3) is 0.520. The Balaban J connectivity index is 1.74. The second-order valence-electron chi connectivity index (χ2n) is 9.78. The zero-order valence-electron chi connectivity index (χ0n) is 20.3. The summed E-state index contributed by atoms with van der Waals surface area (Å²) in [5.74, 6) is 0.0841. The lowest BCUT2D eigenvalue weighted by molar-refractivity contribution is -0.139. The molecule has 0 spiro atoms. The van der Waals surface area contributed by atoms with Crippen molar-refractivity contribution in [2.45, 2.75) is 71.4 Å². The molecular weight excluding hydrogens is 438 g/mol. The minimum Gasteiger partial charge on any atom is -0.469 e. The van der Waals surface area contributed by atoms with Crippen LogP contribution < -0.4 is 4.74 Å². The van der Waals surface area contributed by atoms with Gasteiger partial charge in [0.05, 0.1) is 31.5 Å². The summed E-state index contributed by atoms with van der Waals surface area (Å²) in [4.78, 5) is 38.3. The van der Waals surface area contributed by atoms with E-state index in [0.29, 0.717) is 36.0 Å². The van der Waals surface area contributed by atoms with Crippen molar-refractivity contribution in [2.24, 2.45) is 0 Å².